The second-order valence-corrected chi connectivity index (χ2v) is 6.17. The topological polar surface area (TPSA) is 70.7 Å². The van der Waals surface area contributed by atoms with E-state index in [1.807, 2.05) is 36.0 Å². The summed E-state index contributed by atoms with van der Waals surface area (Å²) in [5.41, 5.74) is 3.12. The number of nitrogens with one attached hydrogen (secondary N) is 1. The second kappa shape index (κ2) is 7.76. The normalized spacial score (nSPS) is 10.4. The number of nitriles is 1. The second-order valence-electron chi connectivity index (χ2n) is 5.14. The van der Waals surface area contributed by atoms with Gasteiger partial charge in [0.2, 0.25) is 5.91 Å². The third-order valence-corrected chi connectivity index (χ3v) is 4.49. The van der Waals surface area contributed by atoms with Crippen LogP contribution >= 0.6 is 11.3 Å². The molecule has 6 heteroatoms. The Morgan fingerprint density at radius 3 is 3.00 bits per heavy atom. The molecule has 0 aliphatic heterocycles. The Morgan fingerprint density at radius 2 is 2.32 bits per heavy atom. The largest absolute Gasteiger partial charge is 0.351 e. The molecule has 1 amide bonds. The van der Waals surface area contributed by atoms with E-state index in [1.165, 1.54) is 0 Å². The third-order valence-electron chi connectivity index (χ3n) is 3.61. The maximum absolute atomic E-state index is 11.9. The van der Waals surface area contributed by atoms with Crippen molar-refractivity contribution in [2.24, 2.45) is 0 Å². The number of carbonyl (C=O) groups is 1. The highest BCUT2D eigenvalue weighted by molar-refractivity contribution is 7.09. The van der Waals surface area contributed by atoms with Crippen LogP contribution in [0.3, 0.4) is 0 Å². The molecule has 0 aliphatic rings. The van der Waals surface area contributed by atoms with Crippen molar-refractivity contribution in [3.8, 4) is 6.07 Å². The molecule has 0 aromatic carbocycles. The first-order valence-electron chi connectivity index (χ1n) is 7.30. The van der Waals surface area contributed by atoms with Crippen molar-refractivity contribution in [3.63, 3.8) is 0 Å². The van der Waals surface area contributed by atoms with Crippen LogP contribution in [0.2, 0.25) is 0 Å². The van der Waals surface area contributed by atoms with Gasteiger partial charge in [0, 0.05) is 17.0 Å². The highest BCUT2D eigenvalue weighted by Crippen LogP contribution is 2.15. The lowest BCUT2D eigenvalue weighted by Crippen LogP contribution is -2.22. The number of amides is 1. The van der Waals surface area contributed by atoms with Crippen LogP contribution in [0.25, 0.3) is 0 Å². The van der Waals surface area contributed by atoms with Crippen molar-refractivity contribution in [1.29, 1.82) is 5.26 Å². The number of hydrogen-bond donors (Lipinski definition) is 1. The van der Waals surface area contributed by atoms with Crippen molar-refractivity contribution in [1.82, 2.24) is 15.1 Å². The molecule has 0 bridgehead atoms. The Hall–Kier alpha value is -2.13. The van der Waals surface area contributed by atoms with Gasteiger partial charge < -0.3 is 5.32 Å². The van der Waals surface area contributed by atoms with Crippen molar-refractivity contribution < 1.29 is 4.79 Å². The summed E-state index contributed by atoms with van der Waals surface area (Å²) in [6.07, 6.45) is 1.58. The summed E-state index contributed by atoms with van der Waals surface area (Å²) in [5, 5.41) is 18.1. The first-order chi connectivity index (χ1) is 10.6. The first kappa shape index (κ1) is 16.2. The van der Waals surface area contributed by atoms with Gasteiger partial charge in [-0.3, -0.25) is 9.48 Å². The molecule has 0 fully saturated rings. The lowest BCUT2D eigenvalue weighted by molar-refractivity contribution is -0.121. The quantitative estimate of drug-likeness (QED) is 0.854. The van der Waals surface area contributed by atoms with Crippen LogP contribution in [0.15, 0.2) is 17.5 Å². The van der Waals surface area contributed by atoms with Crippen LogP contribution in [-0.2, 0) is 24.3 Å². The van der Waals surface area contributed by atoms with E-state index in [1.54, 1.807) is 11.3 Å². The molecule has 0 atom stereocenters. The van der Waals surface area contributed by atoms with Gasteiger partial charge in [-0.2, -0.15) is 10.4 Å². The summed E-state index contributed by atoms with van der Waals surface area (Å²) in [4.78, 5) is 13.1. The van der Waals surface area contributed by atoms with Crippen LogP contribution < -0.4 is 5.32 Å². The molecule has 2 aromatic heterocycles. The van der Waals surface area contributed by atoms with E-state index in [0.29, 0.717) is 32.4 Å². The van der Waals surface area contributed by atoms with Gasteiger partial charge in [0.25, 0.3) is 0 Å². The lowest BCUT2D eigenvalue weighted by atomic mass is 10.1. The molecule has 2 heterocycles. The Bertz CT molecular complexity index is 667. The molecular weight excluding hydrogens is 296 g/mol. The summed E-state index contributed by atoms with van der Waals surface area (Å²) in [6.45, 7) is 5.15. The maximum atomic E-state index is 11.9. The average Bonchev–Trinajstić information content (AvgIpc) is 3.10. The Balaban J connectivity index is 1.87. The zero-order valence-corrected chi connectivity index (χ0v) is 13.7. The molecule has 2 aromatic rings. The molecule has 0 saturated heterocycles. The Morgan fingerprint density at radius 1 is 1.50 bits per heavy atom. The van der Waals surface area contributed by atoms with E-state index in [2.05, 4.69) is 16.5 Å². The molecule has 1 N–H and O–H groups in total. The molecule has 0 aliphatic carbocycles. The predicted molar refractivity (Wildman–Crippen MR) is 86.4 cm³/mol. The highest BCUT2D eigenvalue weighted by atomic mass is 32.1. The number of aromatic nitrogens is 2. The molecule has 2 rings (SSSR count). The van der Waals surface area contributed by atoms with Gasteiger partial charge in [0.1, 0.15) is 0 Å². The zero-order chi connectivity index (χ0) is 15.9. The molecular formula is C16H20N4OS. The maximum Gasteiger partial charge on any atom is 0.220 e. The SMILES string of the molecule is Cc1nn(CCC#N)c(C)c1CCC(=O)NCc1cccs1. The van der Waals surface area contributed by atoms with Crippen molar-refractivity contribution in [2.45, 2.75) is 46.2 Å². The van der Waals surface area contributed by atoms with E-state index in [9.17, 15) is 4.79 Å². The number of thiophene rings is 1. The minimum absolute atomic E-state index is 0.0528. The molecule has 0 saturated carbocycles. The number of aryl methyl sites for hydroxylation is 2. The van der Waals surface area contributed by atoms with Gasteiger partial charge >= 0.3 is 0 Å². The highest BCUT2D eigenvalue weighted by Gasteiger charge is 2.13. The number of carbonyl (C=O) groups excluding carboxylic acids is 1. The van der Waals surface area contributed by atoms with Gasteiger partial charge in [-0.05, 0) is 37.3 Å². The first-order valence-corrected chi connectivity index (χ1v) is 8.18. The summed E-state index contributed by atoms with van der Waals surface area (Å²) >= 11 is 1.64. The third kappa shape index (κ3) is 4.18. The van der Waals surface area contributed by atoms with Gasteiger partial charge in [-0.15, -0.1) is 11.3 Å². The lowest BCUT2D eigenvalue weighted by Gasteiger charge is -2.05. The van der Waals surface area contributed by atoms with Gasteiger partial charge in [-0.25, -0.2) is 0 Å². The summed E-state index contributed by atoms with van der Waals surface area (Å²) in [5.74, 6) is 0.0528. The van der Waals surface area contributed by atoms with Crippen LogP contribution in [-0.4, -0.2) is 15.7 Å². The van der Waals surface area contributed by atoms with Crippen molar-refractivity contribution in [2.75, 3.05) is 0 Å². The minimum atomic E-state index is 0.0528. The van der Waals surface area contributed by atoms with E-state index in [-0.39, 0.29) is 5.91 Å². The fraction of sp³-hybridized carbons (Fsp3) is 0.438. The van der Waals surface area contributed by atoms with Crippen molar-refractivity contribution >= 4 is 17.2 Å². The fourth-order valence-electron chi connectivity index (χ4n) is 2.40. The van der Waals surface area contributed by atoms with E-state index < -0.39 is 0 Å². The monoisotopic (exact) mass is 316 g/mol. The van der Waals surface area contributed by atoms with Gasteiger partial charge in [0.15, 0.2) is 0 Å². The van der Waals surface area contributed by atoms with Gasteiger partial charge in [-0.1, -0.05) is 6.07 Å². The molecule has 22 heavy (non-hydrogen) atoms. The molecule has 0 radical (unpaired) electrons. The number of rotatable bonds is 7. The minimum Gasteiger partial charge on any atom is -0.351 e. The van der Waals surface area contributed by atoms with Gasteiger partial charge in [0.05, 0.1) is 31.3 Å². The van der Waals surface area contributed by atoms with Crippen molar-refractivity contribution in [3.05, 3.63) is 39.3 Å². The predicted octanol–water partition coefficient (Wildman–Crippen LogP) is 2.72. The smallest absolute Gasteiger partial charge is 0.220 e. The molecule has 5 nitrogen and oxygen atoms in total. The summed E-state index contributed by atoms with van der Waals surface area (Å²) in [7, 11) is 0. The summed E-state index contributed by atoms with van der Waals surface area (Å²) < 4.78 is 1.86. The van der Waals surface area contributed by atoms with E-state index in [4.69, 9.17) is 5.26 Å². The van der Waals surface area contributed by atoms with Crippen LogP contribution in [0.5, 0.6) is 0 Å². The van der Waals surface area contributed by atoms with E-state index in [0.717, 1.165) is 21.8 Å². The summed E-state index contributed by atoms with van der Waals surface area (Å²) in [6, 6.07) is 6.12. The molecule has 0 spiro atoms. The van der Waals surface area contributed by atoms with Crippen LogP contribution in [0.1, 0.15) is 34.7 Å². The fourth-order valence-corrected chi connectivity index (χ4v) is 3.04. The van der Waals surface area contributed by atoms with E-state index >= 15 is 0 Å². The molecule has 0 unspecified atom stereocenters. The Kier molecular flexibility index (Phi) is 5.73. The average molecular weight is 316 g/mol. The zero-order valence-electron chi connectivity index (χ0n) is 12.9. The standard InChI is InChI=1S/C16H20N4OS/c1-12-15(13(2)20(19-12)9-4-8-17)6-7-16(21)18-11-14-5-3-10-22-14/h3,5,10H,4,6-7,9,11H2,1-2H3,(H,18,21). The number of nitrogens with zero attached hydrogens (tertiary/aromatic N) is 3. The number of hydrogen-bond acceptors (Lipinski definition) is 4. The van der Waals surface area contributed by atoms with Crippen LogP contribution in [0.4, 0.5) is 0 Å². The molecule has 116 valence electrons. The van der Waals surface area contributed by atoms with Crippen LogP contribution in [0, 0.1) is 25.2 Å². The Labute approximate surface area is 134 Å².